The highest BCUT2D eigenvalue weighted by atomic mass is 32.2. The molecule has 1 saturated carbocycles. The number of hydrogen-bond acceptors (Lipinski definition) is 3. The topological polar surface area (TPSA) is 66.5 Å². The van der Waals surface area contributed by atoms with Crippen molar-refractivity contribution in [2.75, 3.05) is 18.4 Å². The highest BCUT2D eigenvalue weighted by Crippen LogP contribution is 2.35. The maximum atomic E-state index is 13.2. The minimum atomic E-state index is -4.86. The molecule has 10 heteroatoms. The van der Waals surface area contributed by atoms with E-state index < -0.39 is 39.4 Å². The molecule has 2 fully saturated rings. The Morgan fingerprint density at radius 2 is 1.83 bits per heavy atom. The number of hydrogen-bond donors (Lipinski definition) is 1. The first kappa shape index (κ1) is 17.2. The first-order valence-corrected chi connectivity index (χ1v) is 8.76. The number of amides is 1. The third-order valence-corrected chi connectivity index (χ3v) is 6.40. The first-order valence-electron chi connectivity index (χ1n) is 7.25. The van der Waals surface area contributed by atoms with E-state index in [-0.39, 0.29) is 24.0 Å². The van der Waals surface area contributed by atoms with E-state index in [4.69, 9.17) is 0 Å². The number of halogens is 4. The molecule has 0 unspecified atom stereocenters. The van der Waals surface area contributed by atoms with Crippen LogP contribution in [0.4, 0.5) is 23.2 Å². The van der Waals surface area contributed by atoms with E-state index in [2.05, 4.69) is 5.32 Å². The number of carbonyl (C=O) groups excluding carboxylic acids is 1. The zero-order valence-corrected chi connectivity index (χ0v) is 13.1. The predicted molar refractivity (Wildman–Crippen MR) is 77.0 cm³/mol. The largest absolute Gasteiger partial charge is 0.419 e. The van der Waals surface area contributed by atoms with Crippen LogP contribution in [-0.4, -0.2) is 37.0 Å². The third-order valence-electron chi connectivity index (χ3n) is 4.06. The summed E-state index contributed by atoms with van der Waals surface area (Å²) in [7, 11) is -3.35. The van der Waals surface area contributed by atoms with Gasteiger partial charge in [-0.2, -0.15) is 17.5 Å². The monoisotopic (exact) mass is 366 g/mol. The first-order chi connectivity index (χ1) is 11.1. The summed E-state index contributed by atoms with van der Waals surface area (Å²) in [6.07, 6.45) is -3.63. The minimum Gasteiger partial charge on any atom is -0.326 e. The van der Waals surface area contributed by atoms with Crippen molar-refractivity contribution in [1.82, 2.24) is 4.31 Å². The van der Waals surface area contributed by atoms with E-state index in [0.717, 1.165) is 6.07 Å². The minimum absolute atomic E-state index is 0.0119. The molecular weight excluding hydrogens is 352 g/mol. The molecule has 1 heterocycles. The number of anilines is 1. The Morgan fingerprint density at radius 3 is 2.38 bits per heavy atom. The molecule has 1 N–H and O–H groups in total. The van der Waals surface area contributed by atoms with Gasteiger partial charge in [-0.1, -0.05) is 0 Å². The predicted octanol–water partition coefficient (Wildman–Crippen LogP) is 2.21. The van der Waals surface area contributed by atoms with Crippen molar-refractivity contribution < 1.29 is 30.8 Å². The van der Waals surface area contributed by atoms with Crippen LogP contribution in [0.25, 0.3) is 0 Å². The van der Waals surface area contributed by atoms with Gasteiger partial charge in [0.25, 0.3) is 0 Å². The highest BCUT2D eigenvalue weighted by Gasteiger charge is 2.47. The van der Waals surface area contributed by atoms with Crippen LogP contribution in [0, 0.1) is 11.7 Å². The molecule has 3 rings (SSSR count). The molecule has 1 aliphatic heterocycles. The van der Waals surface area contributed by atoms with Crippen molar-refractivity contribution in [3.05, 3.63) is 29.6 Å². The lowest BCUT2D eigenvalue weighted by atomic mass is 10.0. The van der Waals surface area contributed by atoms with Gasteiger partial charge in [-0.3, -0.25) is 4.79 Å². The molecule has 0 radical (unpaired) electrons. The van der Waals surface area contributed by atoms with E-state index in [1.54, 1.807) is 0 Å². The normalized spacial score (nSPS) is 19.8. The Balaban J connectivity index is 1.62. The lowest BCUT2D eigenvalue weighted by Crippen LogP contribution is -2.55. The molecule has 1 aromatic carbocycles. The number of rotatable bonds is 4. The third kappa shape index (κ3) is 3.25. The number of alkyl halides is 3. The summed E-state index contributed by atoms with van der Waals surface area (Å²) < 4.78 is 76.2. The van der Waals surface area contributed by atoms with Gasteiger partial charge in [-0.25, -0.2) is 12.8 Å². The van der Waals surface area contributed by atoms with Gasteiger partial charge in [0.2, 0.25) is 15.9 Å². The van der Waals surface area contributed by atoms with Crippen LogP contribution in [0.2, 0.25) is 0 Å². The Bertz CT molecular complexity index is 769. The Hall–Kier alpha value is -1.68. The van der Waals surface area contributed by atoms with Crippen molar-refractivity contribution in [3.63, 3.8) is 0 Å². The number of nitrogens with zero attached hydrogens (tertiary/aromatic N) is 1. The molecule has 1 aliphatic carbocycles. The van der Waals surface area contributed by atoms with Crippen molar-refractivity contribution in [3.8, 4) is 0 Å². The fourth-order valence-electron chi connectivity index (χ4n) is 2.45. The van der Waals surface area contributed by atoms with Crippen molar-refractivity contribution >= 4 is 21.6 Å². The fraction of sp³-hybridized carbons (Fsp3) is 0.500. The summed E-state index contributed by atoms with van der Waals surface area (Å²) in [4.78, 5) is 12.0. The number of nitrogens with one attached hydrogen (secondary N) is 1. The fourth-order valence-corrected chi connectivity index (χ4v) is 4.38. The van der Waals surface area contributed by atoms with Gasteiger partial charge in [0, 0.05) is 18.8 Å². The van der Waals surface area contributed by atoms with Gasteiger partial charge in [-0.05, 0) is 31.0 Å². The van der Waals surface area contributed by atoms with Crippen molar-refractivity contribution in [2.45, 2.75) is 24.3 Å². The summed E-state index contributed by atoms with van der Waals surface area (Å²) in [5.74, 6) is -2.64. The van der Waals surface area contributed by atoms with Crippen LogP contribution in [0.1, 0.15) is 18.4 Å². The van der Waals surface area contributed by atoms with Gasteiger partial charge in [0.15, 0.2) is 0 Å². The molecule has 132 valence electrons. The molecule has 1 amide bonds. The van der Waals surface area contributed by atoms with E-state index >= 15 is 0 Å². The summed E-state index contributed by atoms with van der Waals surface area (Å²) in [6.45, 7) is 0.0238. The number of benzene rings is 1. The average Bonchev–Trinajstić information content (AvgIpc) is 3.22. The highest BCUT2D eigenvalue weighted by molar-refractivity contribution is 7.90. The zero-order valence-electron chi connectivity index (χ0n) is 12.3. The van der Waals surface area contributed by atoms with Gasteiger partial charge in [0.1, 0.15) is 5.82 Å². The summed E-state index contributed by atoms with van der Waals surface area (Å²) in [5, 5.41) is 1.91. The van der Waals surface area contributed by atoms with Crippen LogP contribution in [0.3, 0.4) is 0 Å². The average molecular weight is 366 g/mol. The Morgan fingerprint density at radius 1 is 1.21 bits per heavy atom. The molecular formula is C14H14F4N2O3S. The smallest absolute Gasteiger partial charge is 0.326 e. The standard InChI is InChI=1S/C14H14F4N2O3S/c15-12-4-1-9(5-11(12)14(16,17)18)19-13(21)8-6-20(7-8)24(22,23)10-2-3-10/h1,4-5,8,10H,2-3,6-7H2,(H,19,21). The summed E-state index contributed by atoms with van der Waals surface area (Å²) in [5.41, 5.74) is -1.65. The second-order valence-corrected chi connectivity index (χ2v) is 8.15. The van der Waals surface area contributed by atoms with Crippen molar-refractivity contribution in [2.24, 2.45) is 5.92 Å². The second-order valence-electron chi connectivity index (χ2n) is 5.94. The quantitative estimate of drug-likeness (QED) is 0.831. The molecule has 24 heavy (non-hydrogen) atoms. The van der Waals surface area contributed by atoms with Crippen LogP contribution >= 0.6 is 0 Å². The van der Waals surface area contributed by atoms with Gasteiger partial charge < -0.3 is 5.32 Å². The van der Waals surface area contributed by atoms with Crippen molar-refractivity contribution in [1.29, 1.82) is 0 Å². The molecule has 0 aromatic heterocycles. The lowest BCUT2D eigenvalue weighted by Gasteiger charge is -2.37. The van der Waals surface area contributed by atoms with E-state index in [0.29, 0.717) is 25.0 Å². The molecule has 1 saturated heterocycles. The number of carbonyl (C=O) groups is 1. The molecule has 0 atom stereocenters. The maximum Gasteiger partial charge on any atom is 0.419 e. The molecule has 5 nitrogen and oxygen atoms in total. The summed E-state index contributed by atoms with van der Waals surface area (Å²) in [6, 6.07) is 2.17. The van der Waals surface area contributed by atoms with Crippen LogP contribution < -0.4 is 5.32 Å². The lowest BCUT2D eigenvalue weighted by molar-refractivity contribution is -0.140. The van der Waals surface area contributed by atoms with Crippen LogP contribution in [0.15, 0.2) is 18.2 Å². The van der Waals surface area contributed by atoms with E-state index in [1.807, 2.05) is 0 Å². The van der Waals surface area contributed by atoms with Crippen LogP contribution in [-0.2, 0) is 21.0 Å². The van der Waals surface area contributed by atoms with E-state index in [1.165, 1.54) is 4.31 Å². The van der Waals surface area contributed by atoms with Gasteiger partial charge in [-0.15, -0.1) is 0 Å². The molecule has 2 aliphatic rings. The number of sulfonamides is 1. The summed E-state index contributed by atoms with van der Waals surface area (Å²) >= 11 is 0. The van der Waals surface area contributed by atoms with Gasteiger partial charge in [0.05, 0.1) is 16.7 Å². The molecule has 0 spiro atoms. The second kappa shape index (κ2) is 5.69. The van der Waals surface area contributed by atoms with Gasteiger partial charge >= 0.3 is 6.18 Å². The Labute approximate surface area is 135 Å². The molecule has 1 aromatic rings. The zero-order chi connectivity index (χ0) is 17.7. The Kier molecular flexibility index (Phi) is 4.07. The van der Waals surface area contributed by atoms with E-state index in [9.17, 15) is 30.8 Å². The maximum absolute atomic E-state index is 13.2. The van der Waals surface area contributed by atoms with Crippen LogP contribution in [0.5, 0.6) is 0 Å². The molecule has 0 bridgehead atoms. The SMILES string of the molecule is O=C(Nc1ccc(F)c(C(F)(F)F)c1)C1CN(S(=O)(=O)C2CC2)C1.